The van der Waals surface area contributed by atoms with Crippen LogP contribution in [0.3, 0.4) is 0 Å². The molecule has 10 nitrogen and oxygen atoms in total. The van der Waals surface area contributed by atoms with E-state index in [0.29, 0.717) is 32.7 Å². The number of nitriles is 1. The van der Waals surface area contributed by atoms with Crippen LogP contribution < -0.4 is 15.4 Å². The largest absolute Gasteiger partial charge is 0.495 e. The van der Waals surface area contributed by atoms with Gasteiger partial charge >= 0.3 is 5.97 Å². The van der Waals surface area contributed by atoms with E-state index in [1.54, 1.807) is 4.90 Å². The fourth-order valence-corrected chi connectivity index (χ4v) is 7.14. The van der Waals surface area contributed by atoms with Crippen LogP contribution in [0.5, 0.6) is 5.75 Å². The second-order valence-corrected chi connectivity index (χ2v) is 14.5. The van der Waals surface area contributed by atoms with E-state index in [9.17, 15) is 19.6 Å². The molecule has 2 aliphatic heterocycles. The Morgan fingerprint density at radius 1 is 1.10 bits per heavy atom. The van der Waals surface area contributed by atoms with Crippen LogP contribution in [0.1, 0.15) is 54.6 Å². The second-order valence-electron chi connectivity index (χ2n) is 13.7. The third-order valence-electron chi connectivity index (χ3n) is 9.12. The number of methoxy groups -OCH3 is 1. The first-order valence-electron chi connectivity index (χ1n) is 16.3. The van der Waals surface area contributed by atoms with E-state index in [2.05, 4.69) is 16.7 Å². The first kappa shape index (κ1) is 38.0. The molecule has 2 N–H and O–H groups in total. The Labute approximate surface area is 304 Å². The Morgan fingerprint density at radius 2 is 1.82 bits per heavy atom. The first-order valence-corrected chi connectivity index (χ1v) is 17.0. The Kier molecular flexibility index (Phi) is 11.6. The van der Waals surface area contributed by atoms with Crippen molar-refractivity contribution >= 4 is 46.7 Å². The summed E-state index contributed by atoms with van der Waals surface area (Å²) in [4.78, 5) is 41.2. The van der Waals surface area contributed by atoms with Crippen LogP contribution in [0.15, 0.2) is 54.6 Å². The summed E-state index contributed by atoms with van der Waals surface area (Å²) in [5.41, 5.74) is -2.14. The van der Waals surface area contributed by atoms with E-state index in [1.807, 2.05) is 20.8 Å². The molecular weight excluding hydrogens is 705 g/mol. The number of anilines is 1. The minimum absolute atomic E-state index is 0.0524. The second kappa shape index (κ2) is 15.5. The van der Waals surface area contributed by atoms with Crippen molar-refractivity contribution in [2.24, 2.45) is 5.41 Å². The summed E-state index contributed by atoms with van der Waals surface area (Å²) >= 11 is 12.3. The van der Waals surface area contributed by atoms with Crippen molar-refractivity contribution in [1.82, 2.24) is 10.2 Å². The number of halogens is 4. The third-order valence-corrected chi connectivity index (χ3v) is 9.64. The van der Waals surface area contributed by atoms with Gasteiger partial charge in [-0.3, -0.25) is 9.59 Å². The van der Waals surface area contributed by atoms with Gasteiger partial charge in [0.05, 0.1) is 48.7 Å². The predicted octanol–water partition coefficient (Wildman–Crippen LogP) is 6.26. The van der Waals surface area contributed by atoms with E-state index >= 15 is 8.78 Å². The maximum atomic E-state index is 16.0. The number of carbonyl (C=O) groups excluding carboxylic acids is 3. The molecule has 5 rings (SSSR count). The van der Waals surface area contributed by atoms with Gasteiger partial charge in [-0.1, -0.05) is 62.2 Å². The average Bonchev–Trinajstić information content (AvgIpc) is 3.41. The zero-order valence-corrected chi connectivity index (χ0v) is 30.0. The van der Waals surface area contributed by atoms with Gasteiger partial charge in [0, 0.05) is 35.6 Å². The molecule has 0 aromatic heterocycles. The molecule has 2 heterocycles. The minimum atomic E-state index is -1.81. The third kappa shape index (κ3) is 7.97. The summed E-state index contributed by atoms with van der Waals surface area (Å²) in [5, 5.41) is 17.0. The molecule has 2 aliphatic rings. The Hall–Kier alpha value is -4.28. The number of rotatable bonds is 9. The number of esters is 1. The predicted molar refractivity (Wildman–Crippen MR) is 187 cm³/mol. The quantitative estimate of drug-likeness (QED) is 0.246. The van der Waals surface area contributed by atoms with Crippen molar-refractivity contribution in [1.29, 1.82) is 5.26 Å². The summed E-state index contributed by atoms with van der Waals surface area (Å²) in [5.74, 6) is -4.65. The van der Waals surface area contributed by atoms with Crippen molar-refractivity contribution in [3.63, 3.8) is 0 Å². The molecule has 2 fully saturated rings. The van der Waals surface area contributed by atoms with Gasteiger partial charge in [-0.05, 0) is 53.8 Å². The number of morpholine rings is 1. The highest BCUT2D eigenvalue weighted by molar-refractivity contribution is 6.31. The van der Waals surface area contributed by atoms with Gasteiger partial charge in [0.15, 0.2) is 6.61 Å². The molecule has 3 aromatic carbocycles. The number of carbonyl (C=O) groups is 3. The molecule has 0 aliphatic carbocycles. The zero-order chi connectivity index (χ0) is 37.1. The fourth-order valence-electron chi connectivity index (χ4n) is 6.80. The molecule has 4 unspecified atom stereocenters. The van der Waals surface area contributed by atoms with Crippen molar-refractivity contribution in [3.05, 3.63) is 93.0 Å². The summed E-state index contributed by atoms with van der Waals surface area (Å²) < 4.78 is 47.9. The molecule has 2 amide bonds. The highest BCUT2D eigenvalue weighted by Crippen LogP contribution is 2.53. The number of nitrogens with one attached hydrogen (secondary N) is 2. The highest BCUT2D eigenvalue weighted by Gasteiger charge is 2.61. The molecule has 0 saturated carbocycles. The molecule has 3 aromatic rings. The summed E-state index contributed by atoms with van der Waals surface area (Å²) in [6, 6.07) is 12.5. The van der Waals surface area contributed by atoms with Crippen molar-refractivity contribution in [2.75, 3.05) is 45.3 Å². The van der Waals surface area contributed by atoms with Gasteiger partial charge in [-0.15, -0.1) is 0 Å². The molecule has 4 atom stereocenters. The van der Waals surface area contributed by atoms with Crippen LogP contribution in [0, 0.1) is 28.4 Å². The monoisotopic (exact) mass is 742 g/mol. The van der Waals surface area contributed by atoms with E-state index < -0.39 is 58.9 Å². The number of benzene rings is 3. The van der Waals surface area contributed by atoms with Gasteiger partial charge in [-0.2, -0.15) is 5.26 Å². The van der Waals surface area contributed by atoms with Gasteiger partial charge in [0.25, 0.3) is 5.91 Å². The molecule has 2 saturated heterocycles. The van der Waals surface area contributed by atoms with Crippen LogP contribution in [-0.4, -0.2) is 74.8 Å². The molecule has 51 heavy (non-hydrogen) atoms. The van der Waals surface area contributed by atoms with Crippen LogP contribution >= 0.6 is 23.2 Å². The molecule has 14 heteroatoms. The maximum Gasteiger partial charge on any atom is 0.338 e. The summed E-state index contributed by atoms with van der Waals surface area (Å²) in [6.45, 7) is 6.97. The average molecular weight is 744 g/mol. The van der Waals surface area contributed by atoms with E-state index in [1.165, 1.54) is 55.6 Å². The smallest absolute Gasteiger partial charge is 0.338 e. The van der Waals surface area contributed by atoms with Gasteiger partial charge in [0.2, 0.25) is 5.91 Å². The van der Waals surface area contributed by atoms with Crippen molar-refractivity contribution in [2.45, 2.75) is 50.6 Å². The number of amides is 2. The van der Waals surface area contributed by atoms with E-state index in [4.69, 9.17) is 37.4 Å². The standard InChI is InChI=1S/C37H38Cl2F2N4O6/c1-36(2,3)18-29-37(20-42,24-10-9-22(38)17-26(24)40)31(23-6-5-7-25(39)32(23)41)33(44-29)34(47)43-27-11-8-21(16-28(27)49-4)35(48)51-19-30(46)45-12-14-50-15-13-45/h5-11,16-17,29,31,33,44H,12-15,18-19H2,1-4H3,(H,43,47). The summed E-state index contributed by atoms with van der Waals surface area (Å²) in [7, 11) is 1.34. The number of nitrogens with zero attached hydrogens (tertiary/aromatic N) is 2. The maximum absolute atomic E-state index is 16.0. The van der Waals surface area contributed by atoms with Crippen LogP contribution in [0.4, 0.5) is 14.5 Å². The highest BCUT2D eigenvalue weighted by atomic mass is 35.5. The number of hydrogen-bond donors (Lipinski definition) is 2. The van der Waals surface area contributed by atoms with Crippen LogP contribution in [0.2, 0.25) is 10.0 Å². The van der Waals surface area contributed by atoms with Gasteiger partial charge in [0.1, 0.15) is 22.8 Å². The lowest BCUT2D eigenvalue weighted by molar-refractivity contribution is -0.138. The zero-order valence-electron chi connectivity index (χ0n) is 28.5. The molecule has 0 radical (unpaired) electrons. The van der Waals surface area contributed by atoms with Crippen molar-refractivity contribution < 1.29 is 37.4 Å². The first-order chi connectivity index (χ1) is 24.2. The molecule has 270 valence electrons. The number of hydrogen-bond acceptors (Lipinski definition) is 8. The van der Waals surface area contributed by atoms with Gasteiger partial charge in [-0.25, -0.2) is 13.6 Å². The van der Waals surface area contributed by atoms with Crippen LogP contribution in [0.25, 0.3) is 0 Å². The molecule has 0 bridgehead atoms. The van der Waals surface area contributed by atoms with E-state index in [-0.39, 0.29) is 44.1 Å². The lowest BCUT2D eigenvalue weighted by Crippen LogP contribution is -2.45. The van der Waals surface area contributed by atoms with Crippen molar-refractivity contribution in [3.8, 4) is 11.8 Å². The Morgan fingerprint density at radius 3 is 2.47 bits per heavy atom. The topological polar surface area (TPSA) is 130 Å². The Balaban J connectivity index is 1.50. The van der Waals surface area contributed by atoms with Crippen LogP contribution in [-0.2, 0) is 24.5 Å². The van der Waals surface area contributed by atoms with E-state index in [0.717, 1.165) is 6.07 Å². The lowest BCUT2D eigenvalue weighted by Gasteiger charge is -2.37. The Bertz CT molecular complexity index is 1860. The fraction of sp³-hybridized carbons (Fsp3) is 0.405. The molecular formula is C37H38Cl2F2N4O6. The number of ether oxygens (including phenoxy) is 3. The SMILES string of the molecule is COc1cc(C(=O)OCC(=O)N2CCOCC2)ccc1NC(=O)C1NC(CC(C)(C)C)C(C#N)(c2ccc(Cl)cc2F)C1c1cccc(Cl)c1F. The lowest BCUT2D eigenvalue weighted by atomic mass is 9.62. The summed E-state index contributed by atoms with van der Waals surface area (Å²) in [6.07, 6.45) is 0.291. The normalized spacial score (nSPS) is 21.9. The van der Waals surface area contributed by atoms with Gasteiger partial charge < -0.3 is 29.7 Å². The molecule has 0 spiro atoms. The minimum Gasteiger partial charge on any atom is -0.495 e.